The summed E-state index contributed by atoms with van der Waals surface area (Å²) in [5.74, 6) is 0.742. The Balaban J connectivity index is 2.11. The van der Waals surface area contributed by atoms with Crippen LogP contribution in [-0.2, 0) is 20.9 Å². The van der Waals surface area contributed by atoms with E-state index in [9.17, 15) is 20.1 Å². The molecular formula is C18H27NO8. The molecule has 1 aromatic rings. The first-order valence-electron chi connectivity index (χ1n) is 8.72. The molecule has 0 aromatic heterocycles. The van der Waals surface area contributed by atoms with Crippen LogP contribution in [0.4, 0.5) is 0 Å². The zero-order chi connectivity index (χ0) is 20.0. The van der Waals surface area contributed by atoms with Gasteiger partial charge in [0.05, 0.1) is 26.9 Å². The average Bonchev–Trinajstić information content (AvgIpc) is 2.65. The highest BCUT2D eigenvalue weighted by Gasteiger charge is 2.45. The number of aliphatic hydroxyl groups is 3. The lowest BCUT2D eigenvalue weighted by Gasteiger charge is -2.42. The van der Waals surface area contributed by atoms with Crippen molar-refractivity contribution in [1.29, 1.82) is 0 Å². The molecule has 1 aliphatic rings. The summed E-state index contributed by atoms with van der Waals surface area (Å²) in [7, 11) is 1.53. The number of benzene rings is 1. The summed E-state index contributed by atoms with van der Waals surface area (Å²) in [4.78, 5) is 11.4. The summed E-state index contributed by atoms with van der Waals surface area (Å²) in [6.07, 6.45) is -4.77. The fourth-order valence-corrected chi connectivity index (χ4v) is 2.87. The summed E-state index contributed by atoms with van der Waals surface area (Å²) < 4.78 is 22.0. The van der Waals surface area contributed by atoms with Crippen LogP contribution >= 0.6 is 0 Å². The zero-order valence-corrected chi connectivity index (χ0v) is 15.6. The van der Waals surface area contributed by atoms with Gasteiger partial charge in [-0.1, -0.05) is 6.07 Å². The Hall–Kier alpha value is -1.91. The molecular weight excluding hydrogens is 358 g/mol. The highest BCUT2D eigenvalue weighted by atomic mass is 16.7. The molecule has 0 aliphatic carbocycles. The molecule has 1 heterocycles. The van der Waals surface area contributed by atoms with Crippen LogP contribution in [0.3, 0.4) is 0 Å². The lowest BCUT2D eigenvalue weighted by atomic mass is 9.97. The Labute approximate surface area is 157 Å². The standard InChI is InChI=1S/C18H27NO8/c1-4-25-12-6-5-11(7-13(12)24-3)9-26-18-15(19-10(2)21)17(23)16(22)14(8-20)27-18/h5-7,14-18,20,22-23H,4,8-9H2,1-3H3,(H,19,21)/t14-,15-,16+,17-,18+/m0/s1. The summed E-state index contributed by atoms with van der Waals surface area (Å²) in [6.45, 7) is 3.25. The molecule has 9 heteroatoms. The lowest BCUT2D eigenvalue weighted by molar-refractivity contribution is -0.273. The summed E-state index contributed by atoms with van der Waals surface area (Å²) >= 11 is 0. The van der Waals surface area contributed by atoms with Gasteiger partial charge in [-0.05, 0) is 24.6 Å². The first kappa shape index (κ1) is 21.4. The molecule has 1 aromatic carbocycles. The molecule has 0 unspecified atom stereocenters. The molecule has 1 fully saturated rings. The van der Waals surface area contributed by atoms with E-state index < -0.39 is 43.2 Å². The molecule has 1 amide bonds. The molecule has 152 valence electrons. The number of rotatable bonds is 8. The number of hydrogen-bond donors (Lipinski definition) is 4. The summed E-state index contributed by atoms with van der Waals surface area (Å²) in [6, 6.07) is 4.31. The fraction of sp³-hybridized carbons (Fsp3) is 0.611. The number of methoxy groups -OCH3 is 1. The SMILES string of the molecule is CCOc1ccc(CO[C@@H]2O[C@@H](CO)[C@@H](O)[C@@H](O)[C@@H]2NC(C)=O)cc1OC. The second-order valence-electron chi connectivity index (χ2n) is 6.16. The monoisotopic (exact) mass is 385 g/mol. The van der Waals surface area contributed by atoms with Gasteiger partial charge in [0.25, 0.3) is 0 Å². The van der Waals surface area contributed by atoms with Crippen molar-refractivity contribution in [3.05, 3.63) is 23.8 Å². The van der Waals surface area contributed by atoms with Crippen LogP contribution in [0.1, 0.15) is 19.4 Å². The number of carbonyl (C=O) groups is 1. The number of hydrogen-bond acceptors (Lipinski definition) is 8. The molecule has 0 radical (unpaired) electrons. The van der Waals surface area contributed by atoms with Crippen molar-refractivity contribution in [1.82, 2.24) is 5.32 Å². The van der Waals surface area contributed by atoms with E-state index in [1.54, 1.807) is 18.2 Å². The predicted molar refractivity (Wildman–Crippen MR) is 94.3 cm³/mol. The molecule has 2 rings (SSSR count). The van der Waals surface area contributed by atoms with Crippen molar-refractivity contribution >= 4 is 5.91 Å². The Morgan fingerprint density at radius 3 is 2.59 bits per heavy atom. The highest BCUT2D eigenvalue weighted by Crippen LogP contribution is 2.29. The van der Waals surface area contributed by atoms with Crippen molar-refractivity contribution in [3.63, 3.8) is 0 Å². The third-order valence-electron chi connectivity index (χ3n) is 4.19. The highest BCUT2D eigenvalue weighted by molar-refractivity contribution is 5.73. The van der Waals surface area contributed by atoms with Gasteiger partial charge in [-0.25, -0.2) is 0 Å². The van der Waals surface area contributed by atoms with Crippen molar-refractivity contribution < 1.29 is 39.1 Å². The summed E-state index contributed by atoms with van der Waals surface area (Å²) in [5, 5.41) is 32.1. The Kier molecular flexibility index (Phi) is 7.81. The van der Waals surface area contributed by atoms with Gasteiger partial charge in [0.15, 0.2) is 17.8 Å². The van der Waals surface area contributed by atoms with Crippen LogP contribution in [0.5, 0.6) is 11.5 Å². The Morgan fingerprint density at radius 2 is 2.00 bits per heavy atom. The normalized spacial score (nSPS) is 27.9. The molecule has 27 heavy (non-hydrogen) atoms. The van der Waals surface area contributed by atoms with Gasteiger partial charge in [-0.15, -0.1) is 0 Å². The molecule has 4 N–H and O–H groups in total. The molecule has 0 spiro atoms. The average molecular weight is 385 g/mol. The lowest BCUT2D eigenvalue weighted by Crippen LogP contribution is -2.64. The summed E-state index contributed by atoms with van der Waals surface area (Å²) in [5.41, 5.74) is 0.752. The van der Waals surface area contributed by atoms with E-state index in [1.807, 2.05) is 6.92 Å². The van der Waals surface area contributed by atoms with E-state index in [4.69, 9.17) is 18.9 Å². The van der Waals surface area contributed by atoms with E-state index in [2.05, 4.69) is 5.32 Å². The number of amides is 1. The quantitative estimate of drug-likeness (QED) is 0.474. The van der Waals surface area contributed by atoms with Gasteiger partial charge in [0, 0.05) is 6.92 Å². The molecule has 5 atom stereocenters. The van der Waals surface area contributed by atoms with Gasteiger partial charge in [-0.2, -0.15) is 0 Å². The third kappa shape index (κ3) is 5.30. The van der Waals surface area contributed by atoms with Gasteiger partial charge in [-0.3, -0.25) is 4.79 Å². The largest absolute Gasteiger partial charge is 0.493 e. The molecule has 1 saturated heterocycles. The van der Waals surface area contributed by atoms with Crippen molar-refractivity contribution in [2.75, 3.05) is 20.3 Å². The van der Waals surface area contributed by atoms with Crippen LogP contribution in [-0.4, -0.2) is 72.2 Å². The molecule has 1 aliphatic heterocycles. The number of aliphatic hydroxyl groups excluding tert-OH is 3. The fourth-order valence-electron chi connectivity index (χ4n) is 2.87. The van der Waals surface area contributed by atoms with Gasteiger partial charge in [0.2, 0.25) is 5.91 Å². The second kappa shape index (κ2) is 9.86. The molecule has 9 nitrogen and oxygen atoms in total. The minimum atomic E-state index is -1.35. The minimum Gasteiger partial charge on any atom is -0.493 e. The maximum absolute atomic E-state index is 11.4. The van der Waals surface area contributed by atoms with Crippen molar-refractivity contribution in [2.45, 2.75) is 51.1 Å². The molecule has 0 bridgehead atoms. The number of ether oxygens (including phenoxy) is 4. The maximum Gasteiger partial charge on any atom is 0.217 e. The second-order valence-corrected chi connectivity index (χ2v) is 6.16. The van der Waals surface area contributed by atoms with E-state index in [-0.39, 0.29) is 6.61 Å². The van der Waals surface area contributed by atoms with Crippen LogP contribution in [0, 0.1) is 0 Å². The topological polar surface area (TPSA) is 127 Å². The van der Waals surface area contributed by atoms with Crippen molar-refractivity contribution in [3.8, 4) is 11.5 Å². The number of carbonyl (C=O) groups excluding carboxylic acids is 1. The predicted octanol–water partition coefficient (Wildman–Crippen LogP) is -0.446. The van der Waals surface area contributed by atoms with E-state index in [0.717, 1.165) is 5.56 Å². The van der Waals surface area contributed by atoms with Crippen LogP contribution in [0.2, 0.25) is 0 Å². The van der Waals surface area contributed by atoms with Gasteiger partial charge < -0.3 is 39.6 Å². The third-order valence-corrected chi connectivity index (χ3v) is 4.19. The number of nitrogens with one attached hydrogen (secondary N) is 1. The molecule has 0 saturated carbocycles. The Morgan fingerprint density at radius 1 is 1.26 bits per heavy atom. The van der Waals surface area contributed by atoms with Crippen LogP contribution in [0.25, 0.3) is 0 Å². The van der Waals surface area contributed by atoms with E-state index in [0.29, 0.717) is 18.1 Å². The minimum absolute atomic E-state index is 0.0878. The maximum atomic E-state index is 11.4. The first-order valence-corrected chi connectivity index (χ1v) is 8.72. The Bertz CT molecular complexity index is 625. The van der Waals surface area contributed by atoms with Crippen LogP contribution < -0.4 is 14.8 Å². The van der Waals surface area contributed by atoms with Crippen molar-refractivity contribution in [2.24, 2.45) is 0 Å². The van der Waals surface area contributed by atoms with E-state index in [1.165, 1.54) is 14.0 Å². The smallest absolute Gasteiger partial charge is 0.217 e. The van der Waals surface area contributed by atoms with Crippen LogP contribution in [0.15, 0.2) is 18.2 Å². The van der Waals surface area contributed by atoms with E-state index >= 15 is 0 Å². The zero-order valence-electron chi connectivity index (χ0n) is 15.6. The van der Waals surface area contributed by atoms with Gasteiger partial charge in [0.1, 0.15) is 24.4 Å². The van der Waals surface area contributed by atoms with Gasteiger partial charge >= 0.3 is 0 Å². The first-order chi connectivity index (χ1) is 12.9.